The molecule has 0 aliphatic rings. The van der Waals surface area contributed by atoms with E-state index < -0.39 is 8.56 Å². The van der Waals surface area contributed by atoms with Crippen molar-refractivity contribution in [1.82, 2.24) is 0 Å². The third kappa shape index (κ3) is 12.2. The number of unbranched alkanes of at least 4 members (excludes halogenated alkanes) is 6. The second-order valence-electron chi connectivity index (χ2n) is 5.74. The maximum absolute atomic E-state index is 6.14. The van der Waals surface area contributed by atoms with Crippen molar-refractivity contribution in [3.63, 3.8) is 0 Å². The van der Waals surface area contributed by atoms with Gasteiger partial charge in [0.1, 0.15) is 0 Å². The zero-order chi connectivity index (χ0) is 15.1. The van der Waals surface area contributed by atoms with Gasteiger partial charge in [0, 0.05) is 19.1 Å². The maximum atomic E-state index is 6.14. The Morgan fingerprint density at radius 1 is 0.750 bits per heavy atom. The molecular formula is C16H35ClO2Si. The van der Waals surface area contributed by atoms with E-state index in [2.05, 4.69) is 20.4 Å². The number of rotatable bonds is 15. The first-order chi connectivity index (χ1) is 9.68. The standard InChI is InChI=1S/C16H35ClO2Si/c1-4-6-8-10-14-18-20(3,16-12-13-17)19-15-11-9-7-5-2/h4-16H2,1-3H3. The summed E-state index contributed by atoms with van der Waals surface area (Å²) in [7, 11) is -1.98. The van der Waals surface area contributed by atoms with Gasteiger partial charge in [-0.2, -0.15) is 0 Å². The van der Waals surface area contributed by atoms with Crippen LogP contribution in [0.1, 0.15) is 71.6 Å². The fourth-order valence-corrected chi connectivity index (χ4v) is 4.91. The highest BCUT2D eigenvalue weighted by Crippen LogP contribution is 2.18. The zero-order valence-electron chi connectivity index (χ0n) is 13.9. The van der Waals surface area contributed by atoms with Gasteiger partial charge in [-0.1, -0.05) is 52.4 Å². The number of alkyl halides is 1. The normalized spacial score (nSPS) is 12.0. The predicted octanol–water partition coefficient (Wildman–Crippen LogP) is 5.88. The highest BCUT2D eigenvalue weighted by Gasteiger charge is 2.30. The van der Waals surface area contributed by atoms with Crippen LogP contribution in [0.3, 0.4) is 0 Å². The number of halogens is 1. The lowest BCUT2D eigenvalue weighted by molar-refractivity contribution is 0.166. The van der Waals surface area contributed by atoms with Crippen LogP contribution in [0.5, 0.6) is 0 Å². The summed E-state index contributed by atoms with van der Waals surface area (Å²) in [5.41, 5.74) is 0. The van der Waals surface area contributed by atoms with Crippen molar-refractivity contribution >= 4 is 20.2 Å². The van der Waals surface area contributed by atoms with Crippen molar-refractivity contribution in [3.8, 4) is 0 Å². The molecule has 0 N–H and O–H groups in total. The fourth-order valence-electron chi connectivity index (χ4n) is 2.21. The van der Waals surface area contributed by atoms with Crippen LogP contribution in [-0.4, -0.2) is 27.7 Å². The molecule has 20 heavy (non-hydrogen) atoms. The number of hydrogen-bond acceptors (Lipinski definition) is 2. The molecular weight excluding hydrogens is 288 g/mol. The van der Waals surface area contributed by atoms with Crippen molar-refractivity contribution in [2.75, 3.05) is 19.1 Å². The van der Waals surface area contributed by atoms with Crippen LogP contribution in [0.2, 0.25) is 12.6 Å². The number of hydrogen-bond donors (Lipinski definition) is 0. The van der Waals surface area contributed by atoms with Crippen LogP contribution in [0.25, 0.3) is 0 Å². The monoisotopic (exact) mass is 322 g/mol. The van der Waals surface area contributed by atoms with Gasteiger partial charge in [-0.3, -0.25) is 0 Å². The SMILES string of the molecule is CCCCCCO[Si](C)(CCCCl)OCCCCCC. The van der Waals surface area contributed by atoms with E-state index in [1.54, 1.807) is 0 Å². The summed E-state index contributed by atoms with van der Waals surface area (Å²) in [6, 6.07) is 1.03. The highest BCUT2D eigenvalue weighted by atomic mass is 35.5. The van der Waals surface area contributed by atoms with Crippen molar-refractivity contribution in [3.05, 3.63) is 0 Å². The fraction of sp³-hybridized carbons (Fsp3) is 1.00. The topological polar surface area (TPSA) is 18.5 Å². The van der Waals surface area contributed by atoms with Gasteiger partial charge in [-0.15, -0.1) is 11.6 Å². The highest BCUT2D eigenvalue weighted by molar-refractivity contribution is 6.66. The van der Waals surface area contributed by atoms with E-state index in [1.807, 2.05) is 0 Å². The smallest absolute Gasteiger partial charge is 0.334 e. The van der Waals surface area contributed by atoms with Crippen molar-refractivity contribution in [2.24, 2.45) is 0 Å². The largest absolute Gasteiger partial charge is 0.394 e. The summed E-state index contributed by atoms with van der Waals surface area (Å²) in [6.45, 7) is 8.40. The van der Waals surface area contributed by atoms with E-state index >= 15 is 0 Å². The van der Waals surface area contributed by atoms with Crippen molar-refractivity contribution in [1.29, 1.82) is 0 Å². The van der Waals surface area contributed by atoms with E-state index in [-0.39, 0.29) is 0 Å². The molecule has 0 aromatic rings. The lowest BCUT2D eigenvalue weighted by Gasteiger charge is -2.27. The molecule has 0 bridgehead atoms. The average molecular weight is 323 g/mol. The molecule has 0 aromatic heterocycles. The summed E-state index contributed by atoms with van der Waals surface area (Å²) in [5.74, 6) is 0.709. The molecule has 0 rings (SSSR count). The molecule has 2 nitrogen and oxygen atoms in total. The van der Waals surface area contributed by atoms with E-state index in [4.69, 9.17) is 20.5 Å². The first-order valence-electron chi connectivity index (χ1n) is 8.52. The van der Waals surface area contributed by atoms with Crippen molar-refractivity contribution in [2.45, 2.75) is 84.2 Å². The molecule has 0 atom stereocenters. The minimum Gasteiger partial charge on any atom is -0.394 e. The van der Waals surface area contributed by atoms with E-state index in [1.165, 1.54) is 38.5 Å². The molecule has 122 valence electrons. The zero-order valence-corrected chi connectivity index (χ0v) is 15.6. The molecule has 0 aromatic carbocycles. The second-order valence-corrected chi connectivity index (χ2v) is 9.47. The summed E-state index contributed by atoms with van der Waals surface area (Å²) in [5, 5.41) is 0. The Morgan fingerprint density at radius 3 is 1.65 bits per heavy atom. The van der Waals surface area contributed by atoms with Crippen molar-refractivity contribution < 1.29 is 8.85 Å². The Morgan fingerprint density at radius 2 is 1.25 bits per heavy atom. The molecule has 0 heterocycles. The molecule has 4 heteroatoms. The molecule has 0 saturated heterocycles. The summed E-state index contributed by atoms with van der Waals surface area (Å²) in [6.07, 6.45) is 11.0. The van der Waals surface area contributed by atoms with Gasteiger partial charge in [0.25, 0.3) is 0 Å². The summed E-state index contributed by atoms with van der Waals surface area (Å²) >= 11 is 5.82. The Balaban J connectivity index is 3.88. The maximum Gasteiger partial charge on any atom is 0.334 e. The van der Waals surface area contributed by atoms with E-state index in [0.29, 0.717) is 5.88 Å². The van der Waals surface area contributed by atoms with Gasteiger partial charge in [0.05, 0.1) is 0 Å². The quantitative estimate of drug-likeness (QED) is 0.213. The Hall–Kier alpha value is 0.427. The van der Waals surface area contributed by atoms with Gasteiger partial charge in [-0.25, -0.2) is 0 Å². The molecule has 0 spiro atoms. The van der Waals surface area contributed by atoms with Crippen LogP contribution in [0.15, 0.2) is 0 Å². The molecule has 0 amide bonds. The van der Waals surface area contributed by atoms with Crippen LogP contribution in [0.4, 0.5) is 0 Å². The Kier molecular flexibility index (Phi) is 14.7. The van der Waals surface area contributed by atoms with E-state index in [9.17, 15) is 0 Å². The Labute approximate surface area is 132 Å². The van der Waals surface area contributed by atoms with Gasteiger partial charge in [0.15, 0.2) is 0 Å². The lowest BCUT2D eigenvalue weighted by atomic mass is 10.2. The second kappa shape index (κ2) is 14.4. The molecule has 0 fully saturated rings. The van der Waals surface area contributed by atoms with E-state index in [0.717, 1.165) is 38.5 Å². The van der Waals surface area contributed by atoms with Crippen LogP contribution in [0, 0.1) is 0 Å². The lowest BCUT2D eigenvalue weighted by Crippen LogP contribution is -2.39. The first kappa shape index (κ1) is 20.4. The summed E-state index contributed by atoms with van der Waals surface area (Å²) < 4.78 is 12.3. The van der Waals surface area contributed by atoms with Gasteiger partial charge in [0.2, 0.25) is 0 Å². The molecule has 0 radical (unpaired) electrons. The first-order valence-corrected chi connectivity index (χ1v) is 11.6. The Bertz CT molecular complexity index is 189. The van der Waals surface area contributed by atoms with Gasteiger partial charge >= 0.3 is 8.56 Å². The average Bonchev–Trinajstić information content (AvgIpc) is 2.45. The third-order valence-corrected chi connectivity index (χ3v) is 6.73. The van der Waals surface area contributed by atoms with Crippen LogP contribution in [-0.2, 0) is 8.85 Å². The predicted molar refractivity (Wildman–Crippen MR) is 92.0 cm³/mol. The molecule has 0 unspecified atom stereocenters. The van der Waals surface area contributed by atoms with Crippen LogP contribution < -0.4 is 0 Å². The summed E-state index contributed by atoms with van der Waals surface area (Å²) in [4.78, 5) is 0. The van der Waals surface area contributed by atoms with Crippen LogP contribution >= 0.6 is 11.6 Å². The van der Waals surface area contributed by atoms with Gasteiger partial charge < -0.3 is 8.85 Å². The molecule has 0 aliphatic heterocycles. The van der Waals surface area contributed by atoms with Gasteiger partial charge in [-0.05, 0) is 31.9 Å². The molecule has 0 saturated carbocycles. The minimum atomic E-state index is -1.98. The minimum absolute atomic E-state index is 0.709. The molecule has 0 aliphatic carbocycles. The third-order valence-electron chi connectivity index (χ3n) is 3.58.